The van der Waals surface area contributed by atoms with Crippen molar-refractivity contribution in [1.82, 2.24) is 4.90 Å². The molecule has 0 aromatic heterocycles. The number of carbonyl (C=O) groups is 1. The summed E-state index contributed by atoms with van der Waals surface area (Å²) in [6.07, 6.45) is 0.864. The lowest BCUT2D eigenvalue weighted by molar-refractivity contribution is -0.143. The molecule has 1 N–H and O–H groups in total. The van der Waals surface area contributed by atoms with E-state index in [4.69, 9.17) is 14.6 Å². The van der Waals surface area contributed by atoms with Gasteiger partial charge in [0.25, 0.3) is 0 Å². The van der Waals surface area contributed by atoms with Gasteiger partial charge in [0.15, 0.2) is 0 Å². The van der Waals surface area contributed by atoms with Gasteiger partial charge in [-0.2, -0.15) is 0 Å². The minimum Gasteiger partial charge on any atom is -0.481 e. The monoisotopic (exact) mass is 245 g/mol. The molecule has 1 aliphatic heterocycles. The SMILES string of the molecule is COC(C)(C)CCN(C)C1COCC1C(=O)O. The summed E-state index contributed by atoms with van der Waals surface area (Å²) < 4.78 is 10.6. The van der Waals surface area contributed by atoms with Crippen LogP contribution in [0.5, 0.6) is 0 Å². The van der Waals surface area contributed by atoms with Crippen LogP contribution in [0.3, 0.4) is 0 Å². The number of methoxy groups -OCH3 is 1. The predicted octanol–water partition coefficient (Wildman–Crippen LogP) is 0.833. The van der Waals surface area contributed by atoms with Crippen LogP contribution in [0.4, 0.5) is 0 Å². The Kier molecular flexibility index (Phi) is 4.91. The van der Waals surface area contributed by atoms with Crippen molar-refractivity contribution in [3.8, 4) is 0 Å². The third-order valence-corrected chi connectivity index (χ3v) is 3.55. The topological polar surface area (TPSA) is 59.0 Å². The molecule has 5 heteroatoms. The molecule has 0 aliphatic carbocycles. The maximum Gasteiger partial charge on any atom is 0.310 e. The molecule has 1 saturated heterocycles. The van der Waals surface area contributed by atoms with Gasteiger partial charge in [-0.1, -0.05) is 0 Å². The number of nitrogens with zero attached hydrogens (tertiary/aromatic N) is 1. The highest BCUT2D eigenvalue weighted by molar-refractivity contribution is 5.71. The fourth-order valence-electron chi connectivity index (χ4n) is 1.93. The maximum atomic E-state index is 11.0. The Hall–Kier alpha value is -0.650. The minimum absolute atomic E-state index is 0.0276. The van der Waals surface area contributed by atoms with Gasteiger partial charge in [0.1, 0.15) is 0 Å². The number of ether oxygens (including phenoxy) is 2. The van der Waals surface area contributed by atoms with Crippen molar-refractivity contribution in [3.05, 3.63) is 0 Å². The Morgan fingerprint density at radius 2 is 2.18 bits per heavy atom. The molecule has 1 rings (SSSR count). The molecule has 17 heavy (non-hydrogen) atoms. The molecule has 0 amide bonds. The zero-order valence-electron chi connectivity index (χ0n) is 11.1. The molecule has 1 heterocycles. The summed E-state index contributed by atoms with van der Waals surface area (Å²) in [6, 6.07) is -0.0276. The van der Waals surface area contributed by atoms with E-state index in [1.807, 2.05) is 20.9 Å². The largest absolute Gasteiger partial charge is 0.481 e. The first-order chi connectivity index (χ1) is 7.87. The summed E-state index contributed by atoms with van der Waals surface area (Å²) >= 11 is 0. The average Bonchev–Trinajstić information content (AvgIpc) is 2.75. The van der Waals surface area contributed by atoms with Crippen LogP contribution in [0, 0.1) is 5.92 Å². The molecule has 2 atom stereocenters. The van der Waals surface area contributed by atoms with E-state index in [-0.39, 0.29) is 11.6 Å². The van der Waals surface area contributed by atoms with E-state index in [0.717, 1.165) is 13.0 Å². The molecule has 1 aliphatic rings. The van der Waals surface area contributed by atoms with Gasteiger partial charge in [0.2, 0.25) is 0 Å². The van der Waals surface area contributed by atoms with E-state index in [1.165, 1.54) is 0 Å². The Morgan fingerprint density at radius 1 is 1.53 bits per heavy atom. The van der Waals surface area contributed by atoms with Gasteiger partial charge in [-0.3, -0.25) is 4.79 Å². The van der Waals surface area contributed by atoms with Crippen molar-refractivity contribution >= 4 is 5.97 Å². The third kappa shape index (κ3) is 3.94. The van der Waals surface area contributed by atoms with E-state index in [9.17, 15) is 4.79 Å². The first kappa shape index (κ1) is 14.4. The van der Waals surface area contributed by atoms with E-state index in [2.05, 4.69) is 4.90 Å². The van der Waals surface area contributed by atoms with Gasteiger partial charge >= 0.3 is 5.97 Å². The van der Waals surface area contributed by atoms with Crippen molar-refractivity contribution in [2.75, 3.05) is 33.9 Å². The Balaban J connectivity index is 2.47. The van der Waals surface area contributed by atoms with Crippen molar-refractivity contribution in [2.24, 2.45) is 5.92 Å². The standard InChI is InChI=1S/C12H23NO4/c1-12(2,16-4)5-6-13(3)10-8-17-7-9(10)11(14)15/h9-10H,5-8H2,1-4H3,(H,14,15). The van der Waals surface area contributed by atoms with Gasteiger partial charge in [-0.05, 0) is 27.3 Å². The van der Waals surface area contributed by atoms with E-state index >= 15 is 0 Å². The summed E-state index contributed by atoms with van der Waals surface area (Å²) in [5.41, 5.74) is -0.174. The summed E-state index contributed by atoms with van der Waals surface area (Å²) in [6.45, 7) is 5.68. The van der Waals surface area contributed by atoms with Gasteiger partial charge in [-0.25, -0.2) is 0 Å². The summed E-state index contributed by atoms with van der Waals surface area (Å²) in [5.74, 6) is -1.18. The quantitative estimate of drug-likeness (QED) is 0.751. The van der Waals surface area contributed by atoms with Crippen LogP contribution in [-0.4, -0.2) is 61.5 Å². The molecule has 0 bridgehead atoms. The molecule has 0 saturated carbocycles. The molecule has 0 spiro atoms. The van der Waals surface area contributed by atoms with Gasteiger partial charge < -0.3 is 19.5 Å². The molecule has 1 fully saturated rings. The van der Waals surface area contributed by atoms with Crippen LogP contribution in [0.15, 0.2) is 0 Å². The lowest BCUT2D eigenvalue weighted by Gasteiger charge is -2.30. The first-order valence-electron chi connectivity index (χ1n) is 5.93. The number of hydrogen-bond acceptors (Lipinski definition) is 4. The van der Waals surface area contributed by atoms with Crippen LogP contribution in [-0.2, 0) is 14.3 Å². The van der Waals surface area contributed by atoms with E-state index in [0.29, 0.717) is 13.2 Å². The summed E-state index contributed by atoms with van der Waals surface area (Å²) in [4.78, 5) is 13.1. The third-order valence-electron chi connectivity index (χ3n) is 3.55. The van der Waals surface area contributed by atoms with E-state index < -0.39 is 11.9 Å². The number of hydrogen-bond donors (Lipinski definition) is 1. The van der Waals surface area contributed by atoms with Gasteiger partial charge in [0.05, 0.1) is 24.7 Å². The van der Waals surface area contributed by atoms with Crippen LogP contribution in [0.2, 0.25) is 0 Å². The van der Waals surface area contributed by atoms with Crippen molar-refractivity contribution in [1.29, 1.82) is 0 Å². The predicted molar refractivity (Wildman–Crippen MR) is 64.1 cm³/mol. The lowest BCUT2D eigenvalue weighted by atomic mass is 10.0. The van der Waals surface area contributed by atoms with Crippen molar-refractivity contribution < 1.29 is 19.4 Å². The number of likely N-dealkylation sites (N-methyl/N-ethyl adjacent to an activating group) is 1. The molecule has 0 aromatic carbocycles. The Morgan fingerprint density at radius 3 is 2.71 bits per heavy atom. The molecule has 0 radical (unpaired) electrons. The lowest BCUT2D eigenvalue weighted by Crippen LogP contribution is -2.42. The smallest absolute Gasteiger partial charge is 0.310 e. The molecule has 100 valence electrons. The Bertz CT molecular complexity index is 267. The second-order valence-corrected chi connectivity index (χ2v) is 5.24. The maximum absolute atomic E-state index is 11.0. The van der Waals surface area contributed by atoms with Crippen LogP contribution in [0.25, 0.3) is 0 Å². The van der Waals surface area contributed by atoms with Crippen molar-refractivity contribution in [3.63, 3.8) is 0 Å². The highest BCUT2D eigenvalue weighted by atomic mass is 16.5. The molecule has 0 aromatic rings. The highest BCUT2D eigenvalue weighted by Gasteiger charge is 2.36. The molecular weight excluding hydrogens is 222 g/mol. The zero-order valence-corrected chi connectivity index (χ0v) is 11.1. The molecule has 2 unspecified atom stereocenters. The number of carboxylic acid groups (broad SMARTS) is 1. The van der Waals surface area contributed by atoms with Crippen molar-refractivity contribution in [2.45, 2.75) is 31.9 Å². The second kappa shape index (κ2) is 5.80. The van der Waals surface area contributed by atoms with Crippen LogP contribution in [0.1, 0.15) is 20.3 Å². The van der Waals surface area contributed by atoms with Gasteiger partial charge in [-0.15, -0.1) is 0 Å². The van der Waals surface area contributed by atoms with E-state index in [1.54, 1.807) is 7.11 Å². The second-order valence-electron chi connectivity index (χ2n) is 5.24. The highest BCUT2D eigenvalue weighted by Crippen LogP contribution is 2.21. The number of aliphatic carboxylic acids is 1. The van der Waals surface area contributed by atoms with Crippen LogP contribution >= 0.6 is 0 Å². The number of carboxylic acids is 1. The van der Waals surface area contributed by atoms with Gasteiger partial charge in [0, 0.05) is 19.7 Å². The zero-order chi connectivity index (χ0) is 13.1. The number of rotatable bonds is 6. The fraction of sp³-hybridized carbons (Fsp3) is 0.917. The fourth-order valence-corrected chi connectivity index (χ4v) is 1.93. The minimum atomic E-state index is -0.773. The molecule has 5 nitrogen and oxygen atoms in total. The van der Waals surface area contributed by atoms with Crippen LogP contribution < -0.4 is 0 Å². The normalized spacial score (nSPS) is 25.5. The summed E-state index contributed by atoms with van der Waals surface area (Å²) in [7, 11) is 3.64. The first-order valence-corrected chi connectivity index (χ1v) is 5.93. The Labute approximate surface area is 103 Å². The molecular formula is C12H23NO4. The average molecular weight is 245 g/mol. The summed E-state index contributed by atoms with van der Waals surface area (Å²) in [5, 5.41) is 9.08.